The normalized spacial score (nSPS) is 20.7. The summed E-state index contributed by atoms with van der Waals surface area (Å²) in [5.41, 5.74) is -1.70. The summed E-state index contributed by atoms with van der Waals surface area (Å²) in [6.45, 7) is 6.18. The summed E-state index contributed by atoms with van der Waals surface area (Å²) in [4.78, 5) is 39.8. The van der Waals surface area contributed by atoms with E-state index in [1.807, 2.05) is 0 Å². The van der Waals surface area contributed by atoms with Crippen molar-refractivity contribution in [2.45, 2.75) is 36.2 Å². The first-order chi connectivity index (χ1) is 23.1. The van der Waals surface area contributed by atoms with Crippen molar-refractivity contribution in [2.75, 3.05) is 64.3 Å². The average Bonchev–Trinajstić information content (AvgIpc) is 3.36. The number of para-hydroxylation sites is 1. The van der Waals surface area contributed by atoms with Crippen LogP contribution in [0, 0.1) is 11.3 Å². The van der Waals surface area contributed by atoms with E-state index in [9.17, 15) is 18.5 Å². The molecule has 3 aliphatic heterocycles. The van der Waals surface area contributed by atoms with Crippen LogP contribution in [0.15, 0.2) is 65.7 Å². The average molecular weight is 674 g/mol. The maximum Gasteiger partial charge on any atom is 0.318 e. The van der Waals surface area contributed by atoms with Crippen molar-refractivity contribution < 1.29 is 27.5 Å². The lowest BCUT2D eigenvalue weighted by molar-refractivity contribution is -0.121. The molecule has 14 heteroatoms. The Morgan fingerprint density at radius 1 is 1.04 bits per heavy atom. The number of aromatic nitrogens is 1. The molecular formula is C34H39N7O6S. The Morgan fingerprint density at radius 2 is 1.77 bits per heavy atom. The number of benzene rings is 2. The first-order valence-electron chi connectivity index (χ1n) is 16.0. The fourth-order valence-electron chi connectivity index (χ4n) is 6.89. The van der Waals surface area contributed by atoms with Crippen molar-refractivity contribution in [1.82, 2.24) is 25.0 Å². The molecule has 3 amide bonds. The third kappa shape index (κ3) is 5.72. The predicted molar refractivity (Wildman–Crippen MR) is 177 cm³/mol. The van der Waals surface area contributed by atoms with E-state index in [-0.39, 0.29) is 45.5 Å². The Kier molecular flexibility index (Phi) is 9.28. The van der Waals surface area contributed by atoms with Gasteiger partial charge in [0.1, 0.15) is 10.6 Å². The van der Waals surface area contributed by atoms with E-state index in [0.29, 0.717) is 36.5 Å². The molecule has 4 heterocycles. The van der Waals surface area contributed by atoms with Crippen LogP contribution in [0.4, 0.5) is 10.5 Å². The number of hydrogen-bond acceptors (Lipinski definition) is 10. The van der Waals surface area contributed by atoms with Gasteiger partial charge in [0.2, 0.25) is 5.88 Å². The number of urea groups is 1. The highest BCUT2D eigenvalue weighted by Crippen LogP contribution is 2.49. The molecule has 0 spiro atoms. The van der Waals surface area contributed by atoms with Crippen molar-refractivity contribution in [3.05, 3.63) is 77.5 Å². The molecule has 252 valence electrons. The number of anilines is 1. The largest absolute Gasteiger partial charge is 0.495 e. The summed E-state index contributed by atoms with van der Waals surface area (Å²) in [6.07, 6.45) is 3.62. The standard InChI is InChI=1S/C34H39N7O6S/c1-4-47-31-26(8-7-15-36-31)34(37-33(43)40-20-18-39(19-21-40)25-13-16-38(2)17-14-25)27-22-24(23-35)11-12-28(27)41(32(34)42)48(44,45)30-10-6-5-9-29(30)46-3/h5-12,15,22,25H,4,13-14,16-21H2,1-3H3,(H,37,43). The van der Waals surface area contributed by atoms with Crippen LogP contribution in [0.1, 0.15) is 36.5 Å². The third-order valence-corrected chi connectivity index (χ3v) is 11.1. The second-order valence-corrected chi connectivity index (χ2v) is 13.9. The van der Waals surface area contributed by atoms with Crippen LogP contribution in [0.3, 0.4) is 0 Å². The molecule has 3 aromatic rings. The van der Waals surface area contributed by atoms with Crippen LogP contribution < -0.4 is 19.1 Å². The van der Waals surface area contributed by atoms with Crippen LogP contribution >= 0.6 is 0 Å². The molecule has 0 radical (unpaired) electrons. The van der Waals surface area contributed by atoms with E-state index in [4.69, 9.17) is 9.47 Å². The summed E-state index contributed by atoms with van der Waals surface area (Å²) in [5.74, 6) is -0.878. The Morgan fingerprint density at radius 3 is 2.46 bits per heavy atom. The van der Waals surface area contributed by atoms with Gasteiger partial charge in [-0.15, -0.1) is 0 Å². The number of carbonyl (C=O) groups excluding carboxylic acids is 2. The first kappa shape index (κ1) is 33.2. The molecule has 1 N–H and O–H groups in total. The lowest BCUT2D eigenvalue weighted by atomic mass is 9.83. The molecule has 2 saturated heterocycles. The van der Waals surface area contributed by atoms with Gasteiger partial charge in [0.15, 0.2) is 5.54 Å². The Labute approximate surface area is 280 Å². The van der Waals surface area contributed by atoms with Crippen molar-refractivity contribution in [3.63, 3.8) is 0 Å². The molecular weight excluding hydrogens is 634 g/mol. The van der Waals surface area contributed by atoms with E-state index in [1.165, 1.54) is 49.7 Å². The molecule has 1 atom stereocenters. The number of ether oxygens (including phenoxy) is 2. The zero-order valence-electron chi connectivity index (χ0n) is 27.3. The summed E-state index contributed by atoms with van der Waals surface area (Å²) in [7, 11) is -1.15. The number of piperidine rings is 1. The monoisotopic (exact) mass is 673 g/mol. The number of likely N-dealkylation sites (tertiary alicyclic amines) is 1. The van der Waals surface area contributed by atoms with Gasteiger partial charge < -0.3 is 24.6 Å². The molecule has 13 nitrogen and oxygen atoms in total. The molecule has 0 saturated carbocycles. The molecule has 0 aliphatic carbocycles. The molecule has 6 rings (SSSR count). The Bertz CT molecular complexity index is 1850. The lowest BCUT2D eigenvalue weighted by Gasteiger charge is -2.43. The maximum atomic E-state index is 15.1. The van der Waals surface area contributed by atoms with Crippen molar-refractivity contribution in [3.8, 4) is 17.7 Å². The number of methoxy groups -OCH3 is 1. The summed E-state index contributed by atoms with van der Waals surface area (Å²) >= 11 is 0. The van der Waals surface area contributed by atoms with Gasteiger partial charge >= 0.3 is 6.03 Å². The molecule has 2 fully saturated rings. The van der Waals surface area contributed by atoms with Gasteiger partial charge in [-0.3, -0.25) is 9.69 Å². The molecule has 3 aliphatic rings. The minimum atomic E-state index is -4.61. The van der Waals surface area contributed by atoms with Gasteiger partial charge in [-0.25, -0.2) is 18.2 Å². The number of rotatable bonds is 8. The van der Waals surface area contributed by atoms with E-state index in [2.05, 4.69) is 33.2 Å². The van der Waals surface area contributed by atoms with Gasteiger partial charge in [0.05, 0.1) is 36.6 Å². The maximum absolute atomic E-state index is 15.1. The van der Waals surface area contributed by atoms with Gasteiger partial charge in [-0.2, -0.15) is 9.57 Å². The number of amides is 3. The van der Waals surface area contributed by atoms with Gasteiger partial charge in [-0.05, 0) is 82.4 Å². The number of nitrogens with zero attached hydrogens (tertiary/aromatic N) is 6. The van der Waals surface area contributed by atoms with Crippen LogP contribution in [0.5, 0.6) is 11.6 Å². The summed E-state index contributed by atoms with van der Waals surface area (Å²) < 4.78 is 40.8. The fraction of sp³-hybridized carbons (Fsp3) is 0.412. The molecule has 1 aromatic heterocycles. The van der Waals surface area contributed by atoms with Crippen LogP contribution in [-0.4, -0.2) is 106 Å². The summed E-state index contributed by atoms with van der Waals surface area (Å²) in [6, 6.07) is 15.4. The second-order valence-electron chi connectivity index (χ2n) is 12.1. The second kappa shape index (κ2) is 13.4. The molecule has 0 bridgehead atoms. The number of piperazine rings is 1. The van der Waals surface area contributed by atoms with E-state index < -0.39 is 27.5 Å². The third-order valence-electron chi connectivity index (χ3n) is 9.40. The molecule has 48 heavy (non-hydrogen) atoms. The highest BCUT2D eigenvalue weighted by atomic mass is 32.2. The predicted octanol–water partition coefficient (Wildman–Crippen LogP) is 2.76. The SMILES string of the molecule is CCOc1ncccc1C1(NC(=O)N2CCN(C3CCN(C)CC3)CC2)C(=O)N(S(=O)(=O)c2ccccc2OC)c2ccc(C#N)cc21. The summed E-state index contributed by atoms with van der Waals surface area (Å²) in [5, 5.41) is 12.9. The topological polar surface area (TPSA) is 148 Å². The number of nitrogens with one attached hydrogen (secondary N) is 1. The lowest BCUT2D eigenvalue weighted by Crippen LogP contribution is -2.61. The number of sulfonamides is 1. The van der Waals surface area contributed by atoms with Crippen LogP contribution in [0.2, 0.25) is 0 Å². The Balaban J connectivity index is 1.45. The number of fused-ring (bicyclic) bond motifs is 1. The number of nitriles is 1. The highest BCUT2D eigenvalue weighted by Gasteiger charge is 2.59. The zero-order valence-corrected chi connectivity index (χ0v) is 28.1. The van der Waals surface area contributed by atoms with Crippen LogP contribution in [-0.2, 0) is 20.4 Å². The Hall–Kier alpha value is -4.71. The van der Waals surface area contributed by atoms with Crippen molar-refractivity contribution >= 4 is 27.6 Å². The molecule has 2 aromatic carbocycles. The smallest absolute Gasteiger partial charge is 0.318 e. The quantitative estimate of drug-likeness (QED) is 0.379. The number of pyridine rings is 1. The van der Waals surface area contributed by atoms with Gasteiger partial charge in [-0.1, -0.05) is 12.1 Å². The first-order valence-corrected chi connectivity index (χ1v) is 17.4. The minimum absolute atomic E-state index is 0.0106. The van der Waals surface area contributed by atoms with Crippen molar-refractivity contribution in [2.24, 2.45) is 0 Å². The van der Waals surface area contributed by atoms with Crippen molar-refractivity contribution in [1.29, 1.82) is 5.26 Å². The van der Waals surface area contributed by atoms with Crippen LogP contribution in [0.25, 0.3) is 0 Å². The minimum Gasteiger partial charge on any atom is -0.495 e. The van der Waals surface area contributed by atoms with E-state index in [1.54, 1.807) is 30.0 Å². The van der Waals surface area contributed by atoms with Gasteiger partial charge in [0.25, 0.3) is 15.9 Å². The zero-order chi connectivity index (χ0) is 34.1. The fourth-order valence-corrected chi connectivity index (χ4v) is 8.52. The van der Waals surface area contributed by atoms with E-state index in [0.717, 1.165) is 25.9 Å². The number of hydrogen-bond donors (Lipinski definition) is 1. The highest BCUT2D eigenvalue weighted by molar-refractivity contribution is 7.93. The van der Waals surface area contributed by atoms with Gasteiger partial charge in [0, 0.05) is 44.0 Å². The van der Waals surface area contributed by atoms with E-state index >= 15 is 4.79 Å². The number of carbonyl (C=O) groups is 2. The molecule has 1 unspecified atom stereocenters.